The number of alkyl carbamates (subject to hydrolysis) is 1. The van der Waals surface area contributed by atoms with Gasteiger partial charge in [-0.15, -0.1) is 5.10 Å². The first-order chi connectivity index (χ1) is 17.8. The van der Waals surface area contributed by atoms with E-state index in [1.165, 1.54) is 25.6 Å². The van der Waals surface area contributed by atoms with Crippen molar-refractivity contribution in [1.29, 1.82) is 0 Å². The van der Waals surface area contributed by atoms with Crippen molar-refractivity contribution in [3.05, 3.63) is 60.2 Å². The number of nitrogens with zero attached hydrogens (tertiary/aromatic N) is 3. The number of rotatable bonds is 11. The number of aromatic nitrogens is 3. The zero-order chi connectivity index (χ0) is 26.8. The Morgan fingerprint density at radius 2 is 1.62 bits per heavy atom. The van der Waals surface area contributed by atoms with Crippen molar-refractivity contribution in [2.45, 2.75) is 45.0 Å². The van der Waals surface area contributed by atoms with Crippen molar-refractivity contribution in [3.8, 4) is 0 Å². The van der Waals surface area contributed by atoms with Crippen molar-refractivity contribution in [1.82, 2.24) is 30.9 Å². The summed E-state index contributed by atoms with van der Waals surface area (Å²) in [5.74, 6) is -0.950. The summed E-state index contributed by atoms with van der Waals surface area (Å²) in [6, 6.07) is 13.4. The predicted octanol–water partition coefficient (Wildman–Crippen LogP) is 2.13. The molecule has 0 spiro atoms. The molecular formula is C25H30N6O5S. The van der Waals surface area contributed by atoms with Gasteiger partial charge in [-0.25, -0.2) is 4.79 Å². The molecular weight excluding hydrogens is 496 g/mol. The van der Waals surface area contributed by atoms with E-state index in [9.17, 15) is 19.2 Å². The standard InChI is InChI=1S/C25H30N6O5S/c1-16(27-25(35)36-15-18-9-5-4-6-10-18)22(32)28-20(13-14-37-3)23(33)26-17(2)24(34)31-21-12-8-7-11-19(21)29-30-31/h4-12,16-17,20H,13-15H2,1-3H3,(H,26,33)(H,27,35)(H,28,32)/t16-,17-,20-/m0/s1. The van der Waals surface area contributed by atoms with Crippen LogP contribution < -0.4 is 16.0 Å². The summed E-state index contributed by atoms with van der Waals surface area (Å²) < 4.78 is 6.29. The van der Waals surface area contributed by atoms with Crippen LogP contribution in [0, 0.1) is 0 Å². The highest BCUT2D eigenvalue weighted by molar-refractivity contribution is 7.98. The van der Waals surface area contributed by atoms with Gasteiger partial charge >= 0.3 is 6.09 Å². The second-order valence-electron chi connectivity index (χ2n) is 8.33. The lowest BCUT2D eigenvalue weighted by Crippen LogP contribution is -2.55. The number of benzene rings is 2. The molecule has 0 aliphatic carbocycles. The molecule has 3 N–H and O–H groups in total. The smallest absolute Gasteiger partial charge is 0.408 e. The van der Waals surface area contributed by atoms with E-state index in [1.807, 2.05) is 36.6 Å². The summed E-state index contributed by atoms with van der Waals surface area (Å²) >= 11 is 1.51. The first-order valence-corrected chi connectivity index (χ1v) is 13.1. The van der Waals surface area contributed by atoms with Crippen LogP contribution in [-0.2, 0) is 20.9 Å². The first-order valence-electron chi connectivity index (χ1n) is 11.7. The Labute approximate surface area is 218 Å². The highest BCUT2D eigenvalue weighted by Crippen LogP contribution is 2.10. The number of hydrogen-bond acceptors (Lipinski definition) is 8. The maximum atomic E-state index is 13.0. The molecule has 2 aromatic carbocycles. The highest BCUT2D eigenvalue weighted by Gasteiger charge is 2.28. The van der Waals surface area contributed by atoms with Crippen molar-refractivity contribution in [2.24, 2.45) is 0 Å². The van der Waals surface area contributed by atoms with Crippen LogP contribution in [0.15, 0.2) is 54.6 Å². The minimum absolute atomic E-state index is 0.0622. The summed E-state index contributed by atoms with van der Waals surface area (Å²) in [6.07, 6.45) is 1.46. The second kappa shape index (κ2) is 13.4. The van der Waals surface area contributed by atoms with Gasteiger partial charge in [0.05, 0.1) is 5.52 Å². The number of para-hydroxylation sites is 1. The number of fused-ring (bicyclic) bond motifs is 1. The van der Waals surface area contributed by atoms with Gasteiger partial charge < -0.3 is 20.7 Å². The third-order valence-electron chi connectivity index (χ3n) is 5.47. The Kier molecular flexibility index (Phi) is 10.0. The minimum Gasteiger partial charge on any atom is -0.445 e. The van der Waals surface area contributed by atoms with E-state index >= 15 is 0 Å². The van der Waals surface area contributed by atoms with Crippen LogP contribution in [0.2, 0.25) is 0 Å². The van der Waals surface area contributed by atoms with Gasteiger partial charge in [-0.05, 0) is 50.0 Å². The van der Waals surface area contributed by atoms with Gasteiger partial charge in [0, 0.05) is 0 Å². The number of carbonyl (C=O) groups excluding carboxylic acids is 4. The quantitative estimate of drug-likeness (QED) is 0.345. The second-order valence-corrected chi connectivity index (χ2v) is 9.31. The monoisotopic (exact) mass is 526 g/mol. The third kappa shape index (κ3) is 7.78. The van der Waals surface area contributed by atoms with Crippen LogP contribution in [0.25, 0.3) is 11.0 Å². The van der Waals surface area contributed by atoms with Crippen molar-refractivity contribution < 1.29 is 23.9 Å². The summed E-state index contributed by atoms with van der Waals surface area (Å²) in [5.41, 5.74) is 1.90. The molecule has 1 aromatic heterocycles. The zero-order valence-corrected chi connectivity index (χ0v) is 21.7. The van der Waals surface area contributed by atoms with E-state index in [0.29, 0.717) is 23.2 Å². The van der Waals surface area contributed by atoms with Gasteiger partial charge in [0.2, 0.25) is 11.8 Å². The van der Waals surface area contributed by atoms with E-state index in [2.05, 4.69) is 26.3 Å². The van der Waals surface area contributed by atoms with E-state index in [0.717, 1.165) is 10.2 Å². The molecule has 3 aromatic rings. The van der Waals surface area contributed by atoms with E-state index in [1.54, 1.807) is 24.3 Å². The van der Waals surface area contributed by atoms with Gasteiger partial charge in [-0.2, -0.15) is 16.4 Å². The number of thioether (sulfide) groups is 1. The minimum atomic E-state index is -0.951. The summed E-state index contributed by atoms with van der Waals surface area (Å²) in [7, 11) is 0. The third-order valence-corrected chi connectivity index (χ3v) is 6.12. The van der Waals surface area contributed by atoms with Crippen LogP contribution in [0.1, 0.15) is 30.6 Å². The van der Waals surface area contributed by atoms with Crippen molar-refractivity contribution in [3.63, 3.8) is 0 Å². The van der Waals surface area contributed by atoms with Crippen LogP contribution in [-0.4, -0.2) is 68.9 Å². The molecule has 0 unspecified atom stereocenters. The topological polar surface area (TPSA) is 144 Å². The Bertz CT molecular complexity index is 1230. The van der Waals surface area contributed by atoms with Gasteiger partial charge in [0.1, 0.15) is 30.2 Å². The number of hydrogen-bond donors (Lipinski definition) is 3. The Morgan fingerprint density at radius 3 is 2.35 bits per heavy atom. The van der Waals surface area contributed by atoms with Crippen molar-refractivity contribution >= 4 is 46.6 Å². The molecule has 3 atom stereocenters. The van der Waals surface area contributed by atoms with Crippen LogP contribution in [0.3, 0.4) is 0 Å². The van der Waals surface area contributed by atoms with Gasteiger partial charge in [-0.1, -0.05) is 47.7 Å². The molecule has 3 rings (SSSR count). The van der Waals surface area contributed by atoms with E-state index in [4.69, 9.17) is 4.74 Å². The Hall–Kier alpha value is -3.93. The molecule has 0 saturated heterocycles. The molecule has 11 nitrogen and oxygen atoms in total. The molecule has 3 amide bonds. The summed E-state index contributed by atoms with van der Waals surface area (Å²) in [4.78, 5) is 50.7. The van der Waals surface area contributed by atoms with Gasteiger partial charge in [0.15, 0.2) is 0 Å². The molecule has 37 heavy (non-hydrogen) atoms. The fraction of sp³-hybridized carbons (Fsp3) is 0.360. The number of amides is 3. The Balaban J connectivity index is 1.56. The predicted molar refractivity (Wildman–Crippen MR) is 140 cm³/mol. The zero-order valence-electron chi connectivity index (χ0n) is 20.8. The molecule has 1 heterocycles. The molecule has 12 heteroatoms. The molecule has 0 bridgehead atoms. The van der Waals surface area contributed by atoms with Crippen molar-refractivity contribution in [2.75, 3.05) is 12.0 Å². The van der Waals surface area contributed by atoms with Crippen LogP contribution >= 0.6 is 11.8 Å². The van der Waals surface area contributed by atoms with Crippen LogP contribution in [0.4, 0.5) is 4.79 Å². The van der Waals surface area contributed by atoms with Crippen LogP contribution in [0.5, 0.6) is 0 Å². The van der Waals surface area contributed by atoms with Gasteiger partial charge in [0.25, 0.3) is 5.91 Å². The molecule has 0 aliphatic rings. The summed E-state index contributed by atoms with van der Waals surface area (Å²) in [6.45, 7) is 3.09. The average molecular weight is 527 g/mol. The molecule has 0 radical (unpaired) electrons. The fourth-order valence-corrected chi connectivity index (χ4v) is 3.87. The lowest BCUT2D eigenvalue weighted by Gasteiger charge is -2.22. The largest absolute Gasteiger partial charge is 0.445 e. The number of ether oxygens (including phenoxy) is 1. The molecule has 196 valence electrons. The molecule has 0 aliphatic heterocycles. The SMILES string of the molecule is CSCC[C@H](NC(=O)[C@H](C)NC(=O)OCc1ccccc1)C(=O)N[C@@H](C)C(=O)n1nnc2ccccc21. The van der Waals surface area contributed by atoms with E-state index in [-0.39, 0.29) is 6.61 Å². The maximum Gasteiger partial charge on any atom is 0.408 e. The molecule has 0 fully saturated rings. The first kappa shape index (κ1) is 27.7. The summed E-state index contributed by atoms with van der Waals surface area (Å²) in [5, 5.41) is 15.6. The number of nitrogens with one attached hydrogen (secondary N) is 3. The maximum absolute atomic E-state index is 13.0. The lowest BCUT2D eigenvalue weighted by atomic mass is 10.1. The normalized spacial score (nSPS) is 13.3. The highest BCUT2D eigenvalue weighted by atomic mass is 32.2. The van der Waals surface area contributed by atoms with Gasteiger partial charge in [-0.3, -0.25) is 14.4 Å². The Morgan fingerprint density at radius 1 is 0.919 bits per heavy atom. The molecule has 0 saturated carbocycles. The lowest BCUT2D eigenvalue weighted by molar-refractivity contribution is -0.130. The van der Waals surface area contributed by atoms with E-state index < -0.39 is 41.9 Å². The fourth-order valence-electron chi connectivity index (χ4n) is 3.40. The number of carbonyl (C=O) groups is 4. The average Bonchev–Trinajstić information content (AvgIpc) is 3.33.